The summed E-state index contributed by atoms with van der Waals surface area (Å²) in [5, 5.41) is 0. The van der Waals surface area contributed by atoms with Crippen molar-refractivity contribution in [1.29, 1.82) is 0 Å². The van der Waals surface area contributed by atoms with Crippen molar-refractivity contribution >= 4 is 0 Å². The largest absolute Gasteiger partial charge is 0.382 e. The molecule has 0 amide bonds. The van der Waals surface area contributed by atoms with Crippen LogP contribution < -0.4 is 5.73 Å². The summed E-state index contributed by atoms with van der Waals surface area (Å²) in [5.74, 6) is 0. The molecule has 0 saturated carbocycles. The molecule has 1 unspecified atom stereocenters. The number of fused-ring (bicyclic) bond motifs is 1. The monoisotopic (exact) mass is 252 g/mol. The van der Waals surface area contributed by atoms with E-state index in [1.807, 2.05) is 0 Å². The van der Waals surface area contributed by atoms with Crippen LogP contribution in [0.25, 0.3) is 0 Å². The van der Waals surface area contributed by atoms with E-state index in [1.54, 1.807) is 7.11 Å². The van der Waals surface area contributed by atoms with Gasteiger partial charge in [0.25, 0.3) is 0 Å². The number of nitrogens with zero attached hydrogens (tertiary/aromatic N) is 1. The molecule has 2 rings (SSSR count). The standard InChI is InChI=1S/C14H24N2O2/c1-17-8-9-18-7-3-6-16-10-12-4-2-5-14(15)13(12)11-16/h10-11,14H,2-9,15H2,1H3. The summed E-state index contributed by atoms with van der Waals surface area (Å²) in [7, 11) is 1.69. The van der Waals surface area contributed by atoms with E-state index in [4.69, 9.17) is 15.2 Å². The minimum absolute atomic E-state index is 0.243. The van der Waals surface area contributed by atoms with Gasteiger partial charge in [-0.3, -0.25) is 0 Å². The van der Waals surface area contributed by atoms with Gasteiger partial charge < -0.3 is 19.8 Å². The van der Waals surface area contributed by atoms with E-state index in [1.165, 1.54) is 24.0 Å². The summed E-state index contributed by atoms with van der Waals surface area (Å²) >= 11 is 0. The molecule has 4 heteroatoms. The van der Waals surface area contributed by atoms with Crippen LogP contribution in [0.4, 0.5) is 0 Å². The number of nitrogens with two attached hydrogens (primary N) is 1. The zero-order chi connectivity index (χ0) is 12.8. The molecule has 18 heavy (non-hydrogen) atoms. The van der Waals surface area contributed by atoms with Gasteiger partial charge in [0.2, 0.25) is 0 Å². The Bertz CT molecular complexity index is 363. The number of hydrogen-bond acceptors (Lipinski definition) is 3. The zero-order valence-electron chi connectivity index (χ0n) is 11.2. The summed E-state index contributed by atoms with van der Waals surface area (Å²) < 4.78 is 12.6. The number of rotatable bonds is 7. The van der Waals surface area contributed by atoms with Gasteiger partial charge in [0.05, 0.1) is 13.2 Å². The predicted molar refractivity (Wildman–Crippen MR) is 71.6 cm³/mol. The fourth-order valence-electron chi connectivity index (χ4n) is 2.51. The van der Waals surface area contributed by atoms with Crippen LogP contribution in [0.15, 0.2) is 12.4 Å². The molecule has 0 bridgehead atoms. The maximum absolute atomic E-state index is 6.12. The summed E-state index contributed by atoms with van der Waals surface area (Å²) in [6, 6.07) is 0.243. The molecule has 2 N–H and O–H groups in total. The minimum Gasteiger partial charge on any atom is -0.382 e. The summed E-state index contributed by atoms with van der Waals surface area (Å²) in [6.45, 7) is 3.15. The topological polar surface area (TPSA) is 49.4 Å². The van der Waals surface area contributed by atoms with Crippen molar-refractivity contribution in [1.82, 2.24) is 4.57 Å². The van der Waals surface area contributed by atoms with E-state index in [0.29, 0.717) is 13.2 Å². The van der Waals surface area contributed by atoms with Crippen LogP contribution in [0.2, 0.25) is 0 Å². The van der Waals surface area contributed by atoms with Crippen LogP contribution in [0.5, 0.6) is 0 Å². The first-order valence-corrected chi connectivity index (χ1v) is 6.82. The Labute approximate surface area is 109 Å². The van der Waals surface area contributed by atoms with Gasteiger partial charge in [0.1, 0.15) is 0 Å². The Morgan fingerprint density at radius 1 is 1.33 bits per heavy atom. The van der Waals surface area contributed by atoms with Gasteiger partial charge in [0, 0.05) is 38.7 Å². The highest BCUT2D eigenvalue weighted by Crippen LogP contribution is 2.28. The van der Waals surface area contributed by atoms with Gasteiger partial charge in [-0.25, -0.2) is 0 Å². The van der Waals surface area contributed by atoms with Crippen LogP contribution in [0.1, 0.15) is 36.4 Å². The maximum atomic E-state index is 6.12. The molecular weight excluding hydrogens is 228 g/mol. The molecular formula is C14H24N2O2. The van der Waals surface area contributed by atoms with E-state index in [2.05, 4.69) is 17.0 Å². The Balaban J connectivity index is 1.73. The number of aryl methyl sites for hydroxylation is 2. The number of ether oxygens (including phenoxy) is 2. The average Bonchev–Trinajstić information content (AvgIpc) is 2.78. The molecule has 1 aliphatic rings. The van der Waals surface area contributed by atoms with Crippen LogP contribution in [0.3, 0.4) is 0 Å². The van der Waals surface area contributed by atoms with Crippen molar-refractivity contribution in [3.63, 3.8) is 0 Å². The van der Waals surface area contributed by atoms with Crippen LogP contribution in [0, 0.1) is 0 Å². The third kappa shape index (κ3) is 3.57. The Morgan fingerprint density at radius 2 is 2.22 bits per heavy atom. The van der Waals surface area contributed by atoms with E-state index < -0.39 is 0 Å². The third-order valence-corrected chi connectivity index (χ3v) is 3.49. The lowest BCUT2D eigenvalue weighted by Crippen LogP contribution is -2.15. The molecule has 0 aliphatic heterocycles. The van der Waals surface area contributed by atoms with Crippen molar-refractivity contribution in [3.8, 4) is 0 Å². The van der Waals surface area contributed by atoms with E-state index in [0.717, 1.165) is 26.0 Å². The number of methoxy groups -OCH3 is 1. The summed E-state index contributed by atoms with van der Waals surface area (Å²) in [5.41, 5.74) is 8.91. The van der Waals surface area contributed by atoms with Gasteiger partial charge in [-0.1, -0.05) is 0 Å². The lowest BCUT2D eigenvalue weighted by molar-refractivity contribution is 0.0680. The Kier molecular flexibility index (Phi) is 5.23. The summed E-state index contributed by atoms with van der Waals surface area (Å²) in [6.07, 6.45) is 9.03. The Morgan fingerprint density at radius 3 is 3.00 bits per heavy atom. The third-order valence-electron chi connectivity index (χ3n) is 3.49. The van der Waals surface area contributed by atoms with Gasteiger partial charge in [-0.2, -0.15) is 0 Å². The SMILES string of the molecule is COCCOCCCn1cc2c(c1)C(N)CCC2. The number of aromatic nitrogens is 1. The van der Waals surface area contributed by atoms with Crippen molar-refractivity contribution in [2.24, 2.45) is 5.73 Å². The molecule has 0 aromatic carbocycles. The van der Waals surface area contributed by atoms with E-state index in [-0.39, 0.29) is 6.04 Å². The lowest BCUT2D eigenvalue weighted by Gasteiger charge is -2.17. The lowest BCUT2D eigenvalue weighted by atomic mass is 9.92. The first kappa shape index (κ1) is 13.6. The summed E-state index contributed by atoms with van der Waals surface area (Å²) in [4.78, 5) is 0. The number of hydrogen-bond donors (Lipinski definition) is 1. The molecule has 4 nitrogen and oxygen atoms in total. The van der Waals surface area contributed by atoms with Gasteiger partial charge in [-0.15, -0.1) is 0 Å². The smallest absolute Gasteiger partial charge is 0.0700 e. The van der Waals surface area contributed by atoms with Crippen molar-refractivity contribution < 1.29 is 9.47 Å². The zero-order valence-corrected chi connectivity index (χ0v) is 11.2. The molecule has 0 spiro atoms. The first-order valence-electron chi connectivity index (χ1n) is 6.82. The molecule has 1 atom stereocenters. The molecule has 1 aromatic rings. The van der Waals surface area contributed by atoms with Crippen LogP contribution in [-0.4, -0.2) is 31.5 Å². The van der Waals surface area contributed by atoms with E-state index >= 15 is 0 Å². The minimum atomic E-state index is 0.243. The second-order valence-corrected chi connectivity index (χ2v) is 4.93. The quantitative estimate of drug-likeness (QED) is 0.754. The Hall–Kier alpha value is -0.840. The van der Waals surface area contributed by atoms with Crippen LogP contribution >= 0.6 is 0 Å². The molecule has 0 saturated heterocycles. The molecule has 1 aromatic heterocycles. The second-order valence-electron chi connectivity index (χ2n) is 4.93. The maximum Gasteiger partial charge on any atom is 0.0700 e. The van der Waals surface area contributed by atoms with Gasteiger partial charge in [-0.05, 0) is 36.8 Å². The van der Waals surface area contributed by atoms with Crippen molar-refractivity contribution in [2.75, 3.05) is 26.9 Å². The second kappa shape index (κ2) is 6.92. The average molecular weight is 252 g/mol. The van der Waals surface area contributed by atoms with Crippen LogP contribution in [-0.2, 0) is 22.4 Å². The molecule has 1 heterocycles. The first-order chi connectivity index (χ1) is 8.81. The van der Waals surface area contributed by atoms with Crippen molar-refractivity contribution in [3.05, 3.63) is 23.5 Å². The highest BCUT2D eigenvalue weighted by Gasteiger charge is 2.18. The molecule has 0 radical (unpaired) electrons. The highest BCUT2D eigenvalue weighted by atomic mass is 16.5. The van der Waals surface area contributed by atoms with E-state index in [9.17, 15) is 0 Å². The molecule has 1 aliphatic carbocycles. The normalized spacial score (nSPS) is 18.9. The predicted octanol–water partition coefficient (Wildman–Crippen LogP) is 1.88. The fourth-order valence-corrected chi connectivity index (χ4v) is 2.51. The van der Waals surface area contributed by atoms with Gasteiger partial charge >= 0.3 is 0 Å². The molecule has 0 fully saturated rings. The van der Waals surface area contributed by atoms with Crippen molar-refractivity contribution in [2.45, 2.75) is 38.3 Å². The highest BCUT2D eigenvalue weighted by molar-refractivity contribution is 5.29. The van der Waals surface area contributed by atoms with Gasteiger partial charge in [0.15, 0.2) is 0 Å². The fraction of sp³-hybridized carbons (Fsp3) is 0.714. The molecule has 102 valence electrons.